The van der Waals surface area contributed by atoms with Gasteiger partial charge in [-0.3, -0.25) is 19.4 Å². The van der Waals surface area contributed by atoms with Gasteiger partial charge in [-0.2, -0.15) is 4.98 Å². The Morgan fingerprint density at radius 2 is 1.61 bits per heavy atom. The van der Waals surface area contributed by atoms with Crippen LogP contribution in [0.2, 0.25) is 0 Å². The van der Waals surface area contributed by atoms with Gasteiger partial charge in [0.25, 0.3) is 5.56 Å². The van der Waals surface area contributed by atoms with Gasteiger partial charge in [-0.25, -0.2) is 4.98 Å². The van der Waals surface area contributed by atoms with Gasteiger partial charge in [0.2, 0.25) is 5.95 Å². The first kappa shape index (κ1) is 37.0. The summed E-state index contributed by atoms with van der Waals surface area (Å²) in [4.78, 5) is 47.6. The molecule has 0 amide bonds. The number of nitrogen functional groups attached to an aromatic ring is 1. The molecule has 2 aromatic heterocycles. The largest absolute Gasteiger partial charge is 0.466 e. The van der Waals surface area contributed by atoms with E-state index < -0.39 is 17.6 Å². The van der Waals surface area contributed by atoms with Crippen molar-refractivity contribution in [2.24, 2.45) is 17.6 Å². The number of ether oxygens (including phenoxy) is 2. The normalized spacial score (nSPS) is 13.1. The molecule has 11 heteroatoms. The number of unbranched alkanes of at least 4 members (excludes halogenated alkanes) is 11. The molecule has 0 bridgehead atoms. The fourth-order valence-corrected chi connectivity index (χ4v) is 4.93. The van der Waals surface area contributed by atoms with Crippen molar-refractivity contribution in [2.75, 3.05) is 18.9 Å². The molecule has 1 unspecified atom stereocenters. The van der Waals surface area contributed by atoms with Gasteiger partial charge in [-0.15, -0.1) is 0 Å². The number of hydrogen-bond acceptors (Lipinski definition) is 9. The summed E-state index contributed by atoms with van der Waals surface area (Å²) >= 11 is 0. The van der Waals surface area contributed by atoms with Gasteiger partial charge in [-0.1, -0.05) is 84.3 Å². The number of carbonyl (C=O) groups is 2. The Hall–Kier alpha value is -3.21. The Kier molecular flexibility index (Phi) is 18.1. The Bertz CT molecular complexity index is 1190. The number of nitrogens with zero attached hydrogens (tertiary/aromatic N) is 3. The third-order valence-electron chi connectivity index (χ3n) is 7.83. The second-order valence-electron chi connectivity index (χ2n) is 12.1. The van der Waals surface area contributed by atoms with Crippen LogP contribution in [0.25, 0.3) is 11.2 Å². The smallest absolute Gasteiger partial charge is 0.323 e. The number of esters is 2. The Labute approximate surface area is 262 Å². The van der Waals surface area contributed by atoms with Crippen LogP contribution in [-0.4, -0.2) is 50.7 Å². The van der Waals surface area contributed by atoms with Gasteiger partial charge in [0.05, 0.1) is 19.5 Å². The Balaban J connectivity index is 1.69. The molecule has 0 aromatic carbocycles. The van der Waals surface area contributed by atoms with Gasteiger partial charge in [0.15, 0.2) is 11.2 Å². The summed E-state index contributed by atoms with van der Waals surface area (Å²) < 4.78 is 12.7. The second-order valence-corrected chi connectivity index (χ2v) is 12.1. The fourth-order valence-electron chi connectivity index (χ4n) is 4.93. The van der Waals surface area contributed by atoms with Gasteiger partial charge in [-0.05, 0) is 44.4 Å². The number of anilines is 1. The molecule has 0 radical (unpaired) electrons. The van der Waals surface area contributed by atoms with Crippen LogP contribution in [0.3, 0.4) is 0 Å². The summed E-state index contributed by atoms with van der Waals surface area (Å²) in [6, 6.07) is -0.729. The van der Waals surface area contributed by atoms with Crippen molar-refractivity contribution in [3.05, 3.63) is 28.8 Å². The fraction of sp³-hybridized carbons (Fsp3) is 0.727. The summed E-state index contributed by atoms with van der Waals surface area (Å²) in [5.41, 5.74) is 11.7. The molecule has 0 aliphatic heterocycles. The summed E-state index contributed by atoms with van der Waals surface area (Å²) in [6.07, 6.45) is 22.7. The number of imidazole rings is 1. The Morgan fingerprint density at radius 1 is 0.977 bits per heavy atom. The van der Waals surface area contributed by atoms with Crippen LogP contribution >= 0.6 is 0 Å². The van der Waals surface area contributed by atoms with Crippen molar-refractivity contribution in [1.82, 2.24) is 19.5 Å². The molecule has 0 fully saturated rings. The third kappa shape index (κ3) is 14.5. The number of hydrogen-bond donors (Lipinski definition) is 3. The highest BCUT2D eigenvalue weighted by Gasteiger charge is 2.22. The lowest BCUT2D eigenvalue weighted by Crippen LogP contribution is -2.38. The lowest BCUT2D eigenvalue weighted by atomic mass is 10.1. The maximum Gasteiger partial charge on any atom is 0.323 e. The minimum atomic E-state index is -0.729. The SMILES string of the molecule is CCCCCCCCCCCC=CCCCCC(=O)OCCC(COC(=O)[C@@H](N)C(C)C)Cn1cnc2c(=O)[nH]c(N)nc21. The van der Waals surface area contributed by atoms with Gasteiger partial charge < -0.3 is 25.5 Å². The van der Waals surface area contributed by atoms with Crippen LogP contribution in [0.1, 0.15) is 117 Å². The highest BCUT2D eigenvalue weighted by Crippen LogP contribution is 2.15. The zero-order valence-electron chi connectivity index (χ0n) is 27.2. The van der Waals surface area contributed by atoms with Crippen LogP contribution in [0.4, 0.5) is 5.95 Å². The average Bonchev–Trinajstić information content (AvgIpc) is 3.39. The van der Waals surface area contributed by atoms with E-state index >= 15 is 0 Å². The van der Waals surface area contributed by atoms with E-state index in [1.807, 2.05) is 13.8 Å². The molecule has 2 atom stereocenters. The standard InChI is InChI=1S/C33H56N6O5/c1-4-5-6-7-8-9-10-11-12-13-14-15-16-17-18-19-27(40)43-21-20-26(23-44-32(42)28(34)25(2)3)22-39-24-36-29-30(39)37-33(35)38-31(29)41/h14-15,24-26,28H,4-13,16-23,34H2,1-3H3,(H3,35,37,38,41)/t26?,28-/m0/s1. The lowest BCUT2D eigenvalue weighted by molar-refractivity contribution is -0.149. The first-order chi connectivity index (χ1) is 21.2. The number of rotatable bonds is 24. The van der Waals surface area contributed by atoms with Crippen LogP contribution in [0, 0.1) is 11.8 Å². The summed E-state index contributed by atoms with van der Waals surface area (Å²) in [6.45, 7) is 6.54. The van der Waals surface area contributed by atoms with Crippen LogP contribution in [0.15, 0.2) is 23.3 Å². The molecule has 0 spiro atoms. The minimum absolute atomic E-state index is 0.0154. The number of H-pyrrole nitrogens is 1. The molecule has 0 saturated carbocycles. The first-order valence-electron chi connectivity index (χ1n) is 16.7. The number of nitrogens with one attached hydrogen (secondary N) is 1. The van der Waals surface area contributed by atoms with Crippen molar-refractivity contribution >= 4 is 29.1 Å². The maximum atomic E-state index is 12.4. The molecule has 5 N–H and O–H groups in total. The zero-order valence-corrected chi connectivity index (χ0v) is 27.2. The van der Waals surface area contributed by atoms with E-state index in [0.29, 0.717) is 25.0 Å². The predicted octanol–water partition coefficient (Wildman–Crippen LogP) is 5.82. The molecule has 0 aliphatic rings. The minimum Gasteiger partial charge on any atom is -0.466 e. The summed E-state index contributed by atoms with van der Waals surface area (Å²) in [7, 11) is 0. The number of nitrogens with two attached hydrogens (primary N) is 2. The van der Waals surface area contributed by atoms with E-state index in [-0.39, 0.29) is 42.5 Å². The molecular weight excluding hydrogens is 560 g/mol. The van der Waals surface area contributed by atoms with E-state index in [1.54, 1.807) is 4.57 Å². The molecule has 2 heterocycles. The van der Waals surface area contributed by atoms with Crippen molar-refractivity contribution in [3.63, 3.8) is 0 Å². The van der Waals surface area contributed by atoms with Crippen molar-refractivity contribution in [1.29, 1.82) is 0 Å². The highest BCUT2D eigenvalue weighted by atomic mass is 16.5. The molecule has 0 saturated heterocycles. The highest BCUT2D eigenvalue weighted by molar-refractivity contribution is 5.75. The quantitative estimate of drug-likeness (QED) is 0.0748. The van der Waals surface area contributed by atoms with Gasteiger partial charge in [0.1, 0.15) is 6.04 Å². The van der Waals surface area contributed by atoms with E-state index in [1.165, 1.54) is 64.1 Å². The van der Waals surface area contributed by atoms with E-state index in [4.69, 9.17) is 20.9 Å². The topological polar surface area (TPSA) is 168 Å². The number of fused-ring (bicyclic) bond motifs is 1. The van der Waals surface area contributed by atoms with Gasteiger partial charge >= 0.3 is 11.9 Å². The number of allylic oxidation sites excluding steroid dienone is 2. The molecule has 0 aliphatic carbocycles. The monoisotopic (exact) mass is 616 g/mol. The lowest BCUT2D eigenvalue weighted by Gasteiger charge is -2.20. The zero-order chi connectivity index (χ0) is 32.2. The number of carbonyl (C=O) groups excluding carboxylic acids is 2. The van der Waals surface area contributed by atoms with Crippen molar-refractivity contribution in [3.8, 4) is 0 Å². The number of aromatic nitrogens is 4. The summed E-state index contributed by atoms with van der Waals surface area (Å²) in [5, 5.41) is 0. The molecule has 11 nitrogen and oxygen atoms in total. The third-order valence-corrected chi connectivity index (χ3v) is 7.83. The molecule has 2 aromatic rings. The Morgan fingerprint density at radius 3 is 2.27 bits per heavy atom. The first-order valence-corrected chi connectivity index (χ1v) is 16.7. The predicted molar refractivity (Wildman–Crippen MR) is 175 cm³/mol. The molecule has 2 rings (SSSR count). The molecule has 248 valence electrons. The average molecular weight is 617 g/mol. The van der Waals surface area contributed by atoms with E-state index in [2.05, 4.69) is 34.0 Å². The van der Waals surface area contributed by atoms with E-state index in [0.717, 1.165) is 25.7 Å². The van der Waals surface area contributed by atoms with Crippen molar-refractivity contribution in [2.45, 2.75) is 130 Å². The maximum absolute atomic E-state index is 12.4. The molecule has 44 heavy (non-hydrogen) atoms. The van der Waals surface area contributed by atoms with Crippen LogP contribution in [-0.2, 0) is 25.6 Å². The van der Waals surface area contributed by atoms with Gasteiger partial charge in [0, 0.05) is 18.9 Å². The number of aromatic amines is 1. The molecular formula is C33H56N6O5. The van der Waals surface area contributed by atoms with Crippen molar-refractivity contribution < 1.29 is 19.1 Å². The van der Waals surface area contributed by atoms with Crippen LogP contribution in [0.5, 0.6) is 0 Å². The van der Waals surface area contributed by atoms with Crippen LogP contribution < -0.4 is 17.0 Å². The second kappa shape index (κ2) is 21.5. The van der Waals surface area contributed by atoms with E-state index in [9.17, 15) is 14.4 Å². The summed E-state index contributed by atoms with van der Waals surface area (Å²) in [5.74, 6) is -1.04.